The van der Waals surface area contributed by atoms with E-state index in [4.69, 9.17) is 4.99 Å². The van der Waals surface area contributed by atoms with Gasteiger partial charge in [0.1, 0.15) is 6.17 Å². The van der Waals surface area contributed by atoms with Gasteiger partial charge >= 0.3 is 0 Å². The van der Waals surface area contributed by atoms with E-state index in [9.17, 15) is 4.79 Å². The van der Waals surface area contributed by atoms with Crippen LogP contribution >= 0.6 is 27.7 Å². The number of aliphatic imine (C=N–C) groups is 1. The van der Waals surface area contributed by atoms with Crippen LogP contribution in [0.1, 0.15) is 44.1 Å². The molecule has 2 aliphatic rings. The van der Waals surface area contributed by atoms with E-state index in [0.717, 1.165) is 27.4 Å². The van der Waals surface area contributed by atoms with Crippen molar-refractivity contribution in [3.63, 3.8) is 0 Å². The zero-order valence-electron chi connectivity index (χ0n) is 14.7. The summed E-state index contributed by atoms with van der Waals surface area (Å²) in [7, 11) is 2.07. The molecule has 1 aromatic carbocycles. The van der Waals surface area contributed by atoms with Gasteiger partial charge in [-0.15, -0.1) is 0 Å². The van der Waals surface area contributed by atoms with Crippen molar-refractivity contribution in [3.05, 3.63) is 34.3 Å². The van der Waals surface area contributed by atoms with Gasteiger partial charge in [0.15, 0.2) is 5.17 Å². The van der Waals surface area contributed by atoms with Gasteiger partial charge in [-0.1, -0.05) is 65.5 Å². The first-order valence-corrected chi connectivity index (χ1v) is 10.8. The van der Waals surface area contributed by atoms with Crippen LogP contribution in [0.4, 0.5) is 0 Å². The van der Waals surface area contributed by atoms with Gasteiger partial charge in [-0.2, -0.15) is 0 Å². The van der Waals surface area contributed by atoms with Crippen LogP contribution in [0.2, 0.25) is 0 Å². The van der Waals surface area contributed by atoms with Gasteiger partial charge in [0.25, 0.3) is 0 Å². The van der Waals surface area contributed by atoms with Crippen LogP contribution in [0.15, 0.2) is 33.7 Å². The molecule has 0 bridgehead atoms. The average molecular weight is 424 g/mol. The molecule has 0 N–H and O–H groups in total. The Kier molecular flexibility index (Phi) is 6.82. The Morgan fingerprint density at radius 1 is 1.32 bits per heavy atom. The number of amides is 1. The zero-order valence-corrected chi connectivity index (χ0v) is 17.1. The molecule has 1 aliphatic carbocycles. The number of rotatable bonds is 5. The molecule has 25 heavy (non-hydrogen) atoms. The molecule has 1 heterocycles. The Morgan fingerprint density at radius 3 is 2.76 bits per heavy atom. The fourth-order valence-corrected chi connectivity index (χ4v) is 5.25. The molecule has 1 unspecified atom stereocenters. The fraction of sp³-hybridized carbons (Fsp3) is 0.579. The second-order valence-corrected chi connectivity index (χ2v) is 8.77. The summed E-state index contributed by atoms with van der Waals surface area (Å²) in [6.45, 7) is 0.620. The van der Waals surface area contributed by atoms with E-state index >= 15 is 0 Å². The van der Waals surface area contributed by atoms with Crippen molar-refractivity contribution in [2.75, 3.05) is 12.8 Å². The van der Waals surface area contributed by atoms with E-state index in [1.807, 2.05) is 17.0 Å². The molecular weight excluding hydrogens is 398 g/mol. The van der Waals surface area contributed by atoms with Crippen molar-refractivity contribution in [2.24, 2.45) is 4.99 Å². The number of amidine groups is 1. The summed E-state index contributed by atoms with van der Waals surface area (Å²) in [6.07, 6.45) is 8.74. The van der Waals surface area contributed by atoms with Gasteiger partial charge in [0.2, 0.25) is 6.41 Å². The number of nitrogens with zero attached hydrogens (tertiary/aromatic N) is 3. The molecule has 6 heteroatoms. The van der Waals surface area contributed by atoms with Crippen molar-refractivity contribution < 1.29 is 4.79 Å². The number of carbonyl (C=O) groups is 1. The summed E-state index contributed by atoms with van der Waals surface area (Å²) >= 11 is 5.28. The first-order valence-electron chi connectivity index (χ1n) is 9.06. The molecule has 3 rings (SSSR count). The van der Waals surface area contributed by atoms with E-state index in [2.05, 4.69) is 40.0 Å². The molecule has 0 aromatic heterocycles. The predicted molar refractivity (Wildman–Crippen MR) is 109 cm³/mol. The highest BCUT2D eigenvalue weighted by Crippen LogP contribution is 2.28. The van der Waals surface area contributed by atoms with Gasteiger partial charge in [-0.3, -0.25) is 9.79 Å². The lowest BCUT2D eigenvalue weighted by Crippen LogP contribution is -2.44. The standard InChI is InChI=1S/C19H26BrN3OS/c1-22-18(23(14-24)12-15-7-6-8-16(20)11-15)13-25-19(22)21-17-9-4-2-3-5-10-17/h6-8,11,14,17-18H,2-5,9-10,12-13H2,1H3. The van der Waals surface area contributed by atoms with E-state index in [-0.39, 0.29) is 6.17 Å². The van der Waals surface area contributed by atoms with E-state index < -0.39 is 0 Å². The van der Waals surface area contributed by atoms with Crippen LogP contribution in [0, 0.1) is 0 Å². The number of hydrogen-bond acceptors (Lipinski definition) is 3. The zero-order chi connectivity index (χ0) is 17.6. The van der Waals surface area contributed by atoms with Crippen molar-refractivity contribution in [1.82, 2.24) is 9.80 Å². The molecule has 1 saturated heterocycles. The van der Waals surface area contributed by atoms with Crippen molar-refractivity contribution in [3.8, 4) is 0 Å². The lowest BCUT2D eigenvalue weighted by Gasteiger charge is -2.30. The van der Waals surface area contributed by atoms with Gasteiger partial charge in [-0.25, -0.2) is 0 Å². The first kappa shape index (κ1) is 18.8. The second kappa shape index (κ2) is 9.08. The molecule has 1 atom stereocenters. The lowest BCUT2D eigenvalue weighted by atomic mass is 10.1. The minimum Gasteiger partial charge on any atom is -0.333 e. The maximum absolute atomic E-state index is 11.7. The predicted octanol–water partition coefficient (Wildman–Crippen LogP) is 4.49. The SMILES string of the molecule is CN1C(=NC2CCCCCC2)SCC1N(C=O)Cc1cccc(Br)c1. The first-order chi connectivity index (χ1) is 12.2. The van der Waals surface area contributed by atoms with Crippen LogP contribution < -0.4 is 0 Å². The Hall–Kier alpha value is -1.01. The summed E-state index contributed by atoms with van der Waals surface area (Å²) in [5.41, 5.74) is 1.13. The topological polar surface area (TPSA) is 35.9 Å². The quantitative estimate of drug-likeness (QED) is 0.516. The third kappa shape index (κ3) is 5.00. The van der Waals surface area contributed by atoms with E-state index in [1.165, 1.54) is 38.5 Å². The number of hydrogen-bond donors (Lipinski definition) is 0. The summed E-state index contributed by atoms with van der Waals surface area (Å²) < 4.78 is 1.04. The van der Waals surface area contributed by atoms with Crippen LogP contribution in [0.25, 0.3) is 0 Å². The molecule has 136 valence electrons. The molecule has 1 aliphatic heterocycles. The summed E-state index contributed by atoms with van der Waals surface area (Å²) in [5, 5.41) is 1.10. The van der Waals surface area contributed by atoms with Gasteiger partial charge in [0, 0.05) is 23.8 Å². The van der Waals surface area contributed by atoms with Crippen molar-refractivity contribution >= 4 is 39.3 Å². The smallest absolute Gasteiger partial charge is 0.211 e. The third-order valence-electron chi connectivity index (χ3n) is 5.00. The highest BCUT2D eigenvalue weighted by Gasteiger charge is 2.32. The molecule has 1 aromatic rings. The van der Waals surface area contributed by atoms with E-state index in [0.29, 0.717) is 12.6 Å². The Balaban J connectivity index is 1.66. The molecule has 4 nitrogen and oxygen atoms in total. The Labute approximate surface area is 163 Å². The molecule has 2 fully saturated rings. The van der Waals surface area contributed by atoms with Gasteiger partial charge < -0.3 is 9.80 Å². The average Bonchev–Trinajstić information content (AvgIpc) is 2.81. The van der Waals surface area contributed by atoms with Crippen LogP contribution in [0.3, 0.4) is 0 Å². The highest BCUT2D eigenvalue weighted by atomic mass is 79.9. The van der Waals surface area contributed by atoms with Crippen LogP contribution in [-0.4, -0.2) is 46.4 Å². The van der Waals surface area contributed by atoms with Gasteiger partial charge in [-0.05, 0) is 30.5 Å². The molecule has 0 spiro atoms. The summed E-state index contributed by atoms with van der Waals surface area (Å²) in [5.74, 6) is 0.884. The normalized spacial score (nSPS) is 23.7. The molecule has 1 amide bonds. The summed E-state index contributed by atoms with van der Waals surface area (Å²) in [4.78, 5) is 20.8. The lowest BCUT2D eigenvalue weighted by molar-refractivity contribution is -0.122. The van der Waals surface area contributed by atoms with Crippen molar-refractivity contribution in [2.45, 2.75) is 57.3 Å². The molecular formula is C19H26BrN3OS. The molecule has 1 saturated carbocycles. The minimum absolute atomic E-state index is 0.0750. The van der Waals surface area contributed by atoms with Crippen LogP contribution in [0.5, 0.6) is 0 Å². The van der Waals surface area contributed by atoms with Crippen LogP contribution in [-0.2, 0) is 11.3 Å². The fourth-order valence-electron chi connectivity index (χ4n) is 3.54. The number of thioether (sulfide) groups is 1. The number of carbonyl (C=O) groups excluding carboxylic acids is 1. The maximum atomic E-state index is 11.7. The van der Waals surface area contributed by atoms with Gasteiger partial charge in [0.05, 0.1) is 6.04 Å². The maximum Gasteiger partial charge on any atom is 0.211 e. The largest absolute Gasteiger partial charge is 0.333 e. The monoisotopic (exact) mass is 423 g/mol. The summed E-state index contributed by atoms with van der Waals surface area (Å²) in [6, 6.07) is 8.60. The van der Waals surface area contributed by atoms with Crippen molar-refractivity contribution in [1.29, 1.82) is 0 Å². The number of benzene rings is 1. The highest BCUT2D eigenvalue weighted by molar-refractivity contribution is 9.10. The second-order valence-electron chi connectivity index (χ2n) is 6.87. The number of halogens is 1. The Bertz CT molecular complexity index is 616. The minimum atomic E-state index is 0.0750. The van der Waals surface area contributed by atoms with E-state index in [1.54, 1.807) is 11.8 Å². The molecule has 0 radical (unpaired) electrons. The third-order valence-corrected chi connectivity index (χ3v) is 6.61. The Morgan fingerprint density at radius 2 is 2.08 bits per heavy atom.